The summed E-state index contributed by atoms with van der Waals surface area (Å²) in [5.41, 5.74) is 5.41. The van der Waals surface area contributed by atoms with Gasteiger partial charge in [0.25, 0.3) is 0 Å². The van der Waals surface area contributed by atoms with Crippen LogP contribution in [0.15, 0.2) is 17.0 Å². The molecule has 1 nitrogen and oxygen atoms in total. The van der Waals surface area contributed by atoms with Crippen LogP contribution in [0.1, 0.15) is 11.1 Å². The average Bonchev–Trinajstić information content (AvgIpc) is 1.99. The summed E-state index contributed by atoms with van der Waals surface area (Å²) in [6.07, 6.45) is -2.71. The van der Waals surface area contributed by atoms with Crippen molar-refractivity contribution in [2.24, 2.45) is 0 Å². The van der Waals surface area contributed by atoms with Crippen molar-refractivity contribution in [3.8, 4) is 0 Å². The lowest BCUT2D eigenvalue weighted by molar-refractivity contribution is -0.140. The van der Waals surface area contributed by atoms with E-state index in [0.29, 0.717) is 5.69 Å². The maximum Gasteiger partial charge on any atom is 0.417 e. The van der Waals surface area contributed by atoms with Crippen LogP contribution in [0.3, 0.4) is 0 Å². The fraction of sp³-hybridized carbons (Fsp3) is 0.333. The van der Waals surface area contributed by atoms with Gasteiger partial charge in [-0.25, -0.2) is 0 Å². The van der Waals surface area contributed by atoms with Crippen molar-refractivity contribution in [3.05, 3.63) is 23.3 Å². The predicted molar refractivity (Wildman–Crippen MR) is 52.4 cm³/mol. The summed E-state index contributed by atoms with van der Waals surface area (Å²) in [5.74, 6) is 0. The molecule has 5 heteroatoms. The second kappa shape index (κ2) is 3.73. The molecule has 0 aliphatic carbocycles. The van der Waals surface area contributed by atoms with Gasteiger partial charge in [0, 0.05) is 10.6 Å². The van der Waals surface area contributed by atoms with Gasteiger partial charge in [-0.1, -0.05) is 0 Å². The highest BCUT2D eigenvalue weighted by molar-refractivity contribution is 7.98. The standard InChI is InChI=1S/C9H10F3NS/c1-5-3-6(13)4-7(14-2)8(5)9(10,11)12/h3-4H,13H2,1-2H3. The van der Waals surface area contributed by atoms with Crippen LogP contribution in [0.2, 0.25) is 0 Å². The molecule has 14 heavy (non-hydrogen) atoms. The zero-order chi connectivity index (χ0) is 10.9. The van der Waals surface area contributed by atoms with Crippen molar-refractivity contribution in [3.63, 3.8) is 0 Å². The molecule has 0 aromatic heterocycles. The molecular formula is C9H10F3NS. The minimum Gasteiger partial charge on any atom is -0.399 e. The lowest BCUT2D eigenvalue weighted by atomic mass is 10.1. The van der Waals surface area contributed by atoms with Crippen LogP contribution in [-0.4, -0.2) is 6.26 Å². The second-order valence-corrected chi connectivity index (χ2v) is 3.76. The van der Waals surface area contributed by atoms with E-state index >= 15 is 0 Å². The molecule has 0 radical (unpaired) electrons. The number of nitrogens with two attached hydrogens (primary N) is 1. The summed E-state index contributed by atoms with van der Waals surface area (Å²) >= 11 is 1.05. The number of benzene rings is 1. The Morgan fingerprint density at radius 2 is 1.86 bits per heavy atom. The van der Waals surface area contributed by atoms with Gasteiger partial charge in [0.15, 0.2) is 0 Å². The number of hydrogen-bond donors (Lipinski definition) is 1. The molecule has 0 amide bonds. The minimum atomic E-state index is -4.31. The number of alkyl halides is 3. The molecule has 78 valence electrons. The minimum absolute atomic E-state index is 0.168. The topological polar surface area (TPSA) is 26.0 Å². The molecule has 0 heterocycles. The number of hydrogen-bond acceptors (Lipinski definition) is 2. The first-order chi connectivity index (χ1) is 6.36. The summed E-state index contributed by atoms with van der Waals surface area (Å²) in [6, 6.07) is 2.68. The number of thioether (sulfide) groups is 1. The zero-order valence-corrected chi connectivity index (χ0v) is 8.59. The number of anilines is 1. The van der Waals surface area contributed by atoms with E-state index in [1.165, 1.54) is 19.1 Å². The summed E-state index contributed by atoms with van der Waals surface area (Å²) in [5, 5.41) is 0. The number of nitrogen functional groups attached to an aromatic ring is 1. The van der Waals surface area contributed by atoms with E-state index in [4.69, 9.17) is 5.73 Å². The molecular weight excluding hydrogens is 211 g/mol. The Labute approximate surface area is 84.5 Å². The largest absolute Gasteiger partial charge is 0.417 e. The maximum absolute atomic E-state index is 12.6. The Balaban J connectivity index is 3.40. The molecule has 1 aromatic rings. The summed E-state index contributed by atoms with van der Waals surface area (Å²) in [4.78, 5) is 0.176. The lowest BCUT2D eigenvalue weighted by Gasteiger charge is -2.14. The molecule has 0 aliphatic heterocycles. The van der Waals surface area contributed by atoms with Crippen molar-refractivity contribution in [1.82, 2.24) is 0 Å². The van der Waals surface area contributed by atoms with Gasteiger partial charge < -0.3 is 5.73 Å². The fourth-order valence-electron chi connectivity index (χ4n) is 1.31. The smallest absolute Gasteiger partial charge is 0.399 e. The van der Waals surface area contributed by atoms with Crippen LogP contribution in [-0.2, 0) is 6.18 Å². The Morgan fingerprint density at radius 1 is 1.29 bits per heavy atom. The van der Waals surface area contributed by atoms with E-state index in [9.17, 15) is 13.2 Å². The molecule has 0 spiro atoms. The summed E-state index contributed by atoms with van der Waals surface area (Å²) in [7, 11) is 0. The van der Waals surface area contributed by atoms with Crippen molar-refractivity contribution in [1.29, 1.82) is 0 Å². The molecule has 0 aliphatic rings. The molecule has 2 N–H and O–H groups in total. The van der Waals surface area contributed by atoms with E-state index in [1.54, 1.807) is 6.26 Å². The van der Waals surface area contributed by atoms with Gasteiger partial charge in [0.2, 0.25) is 0 Å². The first kappa shape index (κ1) is 11.2. The maximum atomic E-state index is 12.6. The number of rotatable bonds is 1. The van der Waals surface area contributed by atoms with Crippen LogP contribution >= 0.6 is 11.8 Å². The third kappa shape index (κ3) is 2.15. The molecule has 0 fully saturated rings. The highest BCUT2D eigenvalue weighted by atomic mass is 32.2. The Hall–Kier alpha value is -0.840. The highest BCUT2D eigenvalue weighted by Gasteiger charge is 2.35. The van der Waals surface area contributed by atoms with E-state index < -0.39 is 11.7 Å². The molecule has 1 aromatic carbocycles. The van der Waals surface area contributed by atoms with Gasteiger partial charge in [-0.15, -0.1) is 11.8 Å². The Kier molecular flexibility index (Phi) is 2.99. The first-order valence-corrected chi connectivity index (χ1v) is 5.10. The second-order valence-electron chi connectivity index (χ2n) is 2.91. The van der Waals surface area contributed by atoms with Gasteiger partial charge in [-0.05, 0) is 30.9 Å². The monoisotopic (exact) mass is 221 g/mol. The van der Waals surface area contributed by atoms with Crippen LogP contribution in [0, 0.1) is 6.92 Å². The third-order valence-corrected chi connectivity index (χ3v) is 2.59. The zero-order valence-electron chi connectivity index (χ0n) is 7.77. The Morgan fingerprint density at radius 3 is 2.29 bits per heavy atom. The fourth-order valence-corrected chi connectivity index (χ4v) is 2.04. The normalized spacial score (nSPS) is 11.8. The van der Waals surface area contributed by atoms with Gasteiger partial charge in [0.1, 0.15) is 0 Å². The highest BCUT2D eigenvalue weighted by Crippen LogP contribution is 2.39. The van der Waals surface area contributed by atoms with E-state index in [1.807, 2.05) is 0 Å². The van der Waals surface area contributed by atoms with Gasteiger partial charge in [-0.2, -0.15) is 13.2 Å². The SMILES string of the molecule is CSc1cc(N)cc(C)c1C(F)(F)F. The Bertz CT molecular complexity index is 347. The van der Waals surface area contributed by atoms with Crippen LogP contribution in [0.5, 0.6) is 0 Å². The van der Waals surface area contributed by atoms with E-state index in [0.717, 1.165) is 11.8 Å². The molecule has 0 unspecified atom stereocenters. The molecule has 1 rings (SSSR count). The van der Waals surface area contributed by atoms with E-state index in [2.05, 4.69) is 0 Å². The average molecular weight is 221 g/mol. The summed E-state index contributed by atoms with van der Waals surface area (Å²) < 4.78 is 37.7. The predicted octanol–water partition coefficient (Wildman–Crippen LogP) is 3.32. The first-order valence-electron chi connectivity index (χ1n) is 3.87. The summed E-state index contributed by atoms with van der Waals surface area (Å²) in [6.45, 7) is 1.42. The quantitative estimate of drug-likeness (QED) is 0.581. The van der Waals surface area contributed by atoms with Crippen molar-refractivity contribution >= 4 is 17.4 Å². The number of halogens is 3. The van der Waals surface area contributed by atoms with Gasteiger partial charge in [-0.3, -0.25) is 0 Å². The van der Waals surface area contributed by atoms with Crippen molar-refractivity contribution < 1.29 is 13.2 Å². The van der Waals surface area contributed by atoms with Gasteiger partial charge in [0.05, 0.1) is 5.56 Å². The molecule has 0 saturated heterocycles. The van der Waals surface area contributed by atoms with Crippen LogP contribution in [0.25, 0.3) is 0 Å². The number of aryl methyl sites for hydroxylation is 1. The van der Waals surface area contributed by atoms with E-state index in [-0.39, 0.29) is 10.5 Å². The van der Waals surface area contributed by atoms with Crippen molar-refractivity contribution in [2.45, 2.75) is 18.0 Å². The molecule has 0 bridgehead atoms. The van der Waals surface area contributed by atoms with Gasteiger partial charge >= 0.3 is 6.18 Å². The molecule has 0 saturated carbocycles. The third-order valence-electron chi connectivity index (χ3n) is 1.83. The molecule has 0 atom stereocenters. The van der Waals surface area contributed by atoms with Crippen molar-refractivity contribution in [2.75, 3.05) is 12.0 Å². The van der Waals surface area contributed by atoms with Crippen LogP contribution < -0.4 is 5.73 Å². The van der Waals surface area contributed by atoms with Crippen LogP contribution in [0.4, 0.5) is 18.9 Å². The lowest BCUT2D eigenvalue weighted by Crippen LogP contribution is -2.10.